The van der Waals surface area contributed by atoms with Crippen LogP contribution in [0.3, 0.4) is 0 Å². The molecule has 0 aromatic rings. The van der Waals surface area contributed by atoms with Crippen LogP contribution in [-0.4, -0.2) is 95.9 Å². The van der Waals surface area contributed by atoms with Gasteiger partial charge in [-0.25, -0.2) is 9.13 Å². The van der Waals surface area contributed by atoms with Gasteiger partial charge in [0.15, 0.2) is 6.10 Å². The minimum absolute atomic E-state index is 0.0936. The SMILES string of the molecule is CC/C=C\C/C=C\C/C=C\C/C=C\C/C=C\C/C=C\CCCCCCCCCCCCCCCCC(=O)OCC(O)COP(=O)(O)OCC(O)COP(=O)(O)OCC(COC(=O)CCCCCCCCCCCCCCCC/C=C\C/C=C\C/C=C\C/C=C\C/C=C\C/C=C\CC)OC(=O)CCCCCCC/C=C\CCCCCC. The second-order valence-corrected chi connectivity index (χ2v) is 33.2. The van der Waals surface area contributed by atoms with Crippen molar-refractivity contribution in [1.82, 2.24) is 0 Å². The molecule has 4 N–H and O–H groups in total. The van der Waals surface area contributed by atoms with Crippen LogP contribution >= 0.6 is 15.6 Å². The lowest BCUT2D eigenvalue weighted by Gasteiger charge is -2.21. The van der Waals surface area contributed by atoms with Crippen LogP contribution in [0.1, 0.15) is 380 Å². The Balaban J connectivity index is 4.41. The lowest BCUT2D eigenvalue weighted by Crippen LogP contribution is -2.30. The van der Waals surface area contributed by atoms with Gasteiger partial charge >= 0.3 is 33.6 Å². The Labute approximate surface area is 701 Å². The molecule has 0 saturated carbocycles. The number of hydrogen-bond acceptors (Lipinski definition) is 14. The van der Waals surface area contributed by atoms with Crippen molar-refractivity contribution in [3.05, 3.63) is 158 Å². The number of unbranched alkanes of at least 4 members (excludes halogenated alkanes) is 37. The number of ether oxygens (including phenoxy) is 3. The number of carbonyl (C=O) groups excluding carboxylic acids is 3. The van der Waals surface area contributed by atoms with Crippen molar-refractivity contribution in [1.29, 1.82) is 0 Å². The van der Waals surface area contributed by atoms with Gasteiger partial charge in [-0.05, 0) is 148 Å². The molecule has 0 aliphatic carbocycles. The van der Waals surface area contributed by atoms with E-state index in [1.54, 1.807) is 0 Å². The average Bonchev–Trinajstić information content (AvgIpc) is 0.901. The zero-order valence-corrected chi connectivity index (χ0v) is 74.5. The number of rotatable bonds is 86. The first-order valence-corrected chi connectivity index (χ1v) is 48.8. The molecule has 0 aliphatic rings. The maximum atomic E-state index is 13.0. The fourth-order valence-electron chi connectivity index (χ4n) is 12.3. The third-order valence-corrected chi connectivity index (χ3v) is 21.1. The summed E-state index contributed by atoms with van der Waals surface area (Å²) in [6, 6.07) is 0. The molecule has 0 heterocycles. The van der Waals surface area contributed by atoms with Gasteiger partial charge in [0.25, 0.3) is 0 Å². The minimum Gasteiger partial charge on any atom is -0.463 e. The van der Waals surface area contributed by atoms with Crippen LogP contribution in [0.2, 0.25) is 0 Å². The molecule has 5 atom stereocenters. The third-order valence-electron chi connectivity index (χ3n) is 19.2. The number of phosphoric ester groups is 2. The summed E-state index contributed by atoms with van der Waals surface area (Å²) in [4.78, 5) is 58.8. The van der Waals surface area contributed by atoms with Crippen molar-refractivity contribution in [2.45, 2.75) is 399 Å². The minimum atomic E-state index is -4.94. The second kappa shape index (κ2) is 88.5. The highest BCUT2D eigenvalue weighted by Gasteiger charge is 2.29. The summed E-state index contributed by atoms with van der Waals surface area (Å²) >= 11 is 0. The average molecular weight is 1650 g/mol. The van der Waals surface area contributed by atoms with Gasteiger partial charge in [-0.15, -0.1) is 0 Å². The van der Waals surface area contributed by atoms with E-state index < -0.39 is 91.5 Å². The fraction of sp³-hybridized carbons (Fsp3) is 0.701. The number of aliphatic hydroxyl groups excluding tert-OH is 2. The summed E-state index contributed by atoms with van der Waals surface area (Å²) < 4.78 is 61.3. The van der Waals surface area contributed by atoms with Crippen molar-refractivity contribution in [2.24, 2.45) is 0 Å². The molecule has 16 nitrogen and oxygen atoms in total. The van der Waals surface area contributed by atoms with Crippen LogP contribution in [0, 0.1) is 0 Å². The number of hydrogen-bond donors (Lipinski definition) is 4. The Bertz CT molecular complexity index is 2720. The normalized spacial score (nSPS) is 14.5. The Morgan fingerprint density at radius 1 is 0.252 bits per heavy atom. The summed E-state index contributed by atoms with van der Waals surface area (Å²) in [5, 5.41) is 20.7. The number of carbonyl (C=O) groups is 3. The van der Waals surface area contributed by atoms with Gasteiger partial charge in [-0.2, -0.15) is 0 Å². The van der Waals surface area contributed by atoms with Crippen LogP contribution in [-0.2, 0) is 55.8 Å². The maximum absolute atomic E-state index is 13.0. The number of allylic oxidation sites excluding steroid dienone is 26. The first-order valence-electron chi connectivity index (χ1n) is 45.8. The van der Waals surface area contributed by atoms with Crippen LogP contribution in [0.15, 0.2) is 158 Å². The Kier molecular flexibility index (Phi) is 84.7. The van der Waals surface area contributed by atoms with Crippen LogP contribution in [0.4, 0.5) is 0 Å². The largest absolute Gasteiger partial charge is 0.472 e. The smallest absolute Gasteiger partial charge is 0.463 e. The molecule has 0 radical (unpaired) electrons. The van der Waals surface area contributed by atoms with E-state index in [2.05, 4.69) is 179 Å². The first kappa shape index (κ1) is 110. The van der Waals surface area contributed by atoms with Crippen molar-refractivity contribution >= 4 is 33.6 Å². The highest BCUT2D eigenvalue weighted by Crippen LogP contribution is 2.45. The molecule has 0 aromatic heterocycles. The van der Waals surface area contributed by atoms with Gasteiger partial charge in [0, 0.05) is 19.3 Å². The highest BCUT2D eigenvalue weighted by molar-refractivity contribution is 7.47. The highest BCUT2D eigenvalue weighted by atomic mass is 31.2. The van der Waals surface area contributed by atoms with Crippen molar-refractivity contribution < 1.29 is 75.8 Å². The third kappa shape index (κ3) is 89.8. The molecule has 18 heteroatoms. The molecule has 660 valence electrons. The molecule has 5 unspecified atom stereocenters. The molecule has 0 spiro atoms. The molecule has 0 saturated heterocycles. The first-order chi connectivity index (χ1) is 56.2. The zero-order valence-electron chi connectivity index (χ0n) is 72.7. The van der Waals surface area contributed by atoms with E-state index in [1.807, 2.05) is 0 Å². The van der Waals surface area contributed by atoms with Gasteiger partial charge in [0.05, 0.1) is 26.4 Å². The summed E-state index contributed by atoms with van der Waals surface area (Å²) in [5.41, 5.74) is 0. The standard InChI is InChI=1S/C97H166O16P2/c1-4-7-10-13-16-19-22-25-27-29-31-33-35-37-39-41-43-45-47-49-51-53-55-57-59-61-63-66-68-71-74-77-80-83-95(100)107-86-92(98)87-109-114(103,104)110-88-93(99)89-111-115(105,106)112-91-94(113-97(102)85-82-79-76-73-70-65-24-21-18-15-12-9-6-3)90-108-96(101)84-81-78-75-72-69-67-64-62-60-58-56-54-52-50-48-46-44-42-40-38-36-34-32-30-28-26-23-20-17-14-11-8-5-2/h7-8,10-11,16-17,19-21,24-28,31-34,37-40,43-46,92-94,98-99H,4-6,9,12-15,18,22-23,29-30,35-36,41-42,47-91H2,1-3H3,(H,103,104)(H,105,106)/b10-7-,11-8-,19-16-,20-17-,24-21-,27-25-,28-26-,33-31-,34-32-,39-37-,40-38-,45-43-,46-44-. The van der Waals surface area contributed by atoms with E-state index >= 15 is 0 Å². The molecule has 0 bridgehead atoms. The van der Waals surface area contributed by atoms with E-state index in [0.717, 1.165) is 167 Å². The quantitative estimate of drug-likeness (QED) is 0.0146. The van der Waals surface area contributed by atoms with Crippen LogP contribution in [0.25, 0.3) is 0 Å². The molecule has 0 aliphatic heterocycles. The number of aliphatic hydroxyl groups is 2. The number of phosphoric acid groups is 2. The van der Waals surface area contributed by atoms with Gasteiger partial charge < -0.3 is 34.2 Å². The molecule has 0 aromatic carbocycles. The zero-order chi connectivity index (χ0) is 83.6. The maximum Gasteiger partial charge on any atom is 0.472 e. The van der Waals surface area contributed by atoms with Gasteiger partial charge in [-0.3, -0.25) is 32.5 Å². The Morgan fingerprint density at radius 3 is 0.739 bits per heavy atom. The lowest BCUT2D eigenvalue weighted by molar-refractivity contribution is -0.161. The number of esters is 3. The van der Waals surface area contributed by atoms with Gasteiger partial charge in [0.2, 0.25) is 0 Å². The predicted molar refractivity (Wildman–Crippen MR) is 482 cm³/mol. The Morgan fingerprint density at radius 2 is 0.461 bits per heavy atom. The van der Waals surface area contributed by atoms with Gasteiger partial charge in [-0.1, -0.05) is 371 Å². The summed E-state index contributed by atoms with van der Waals surface area (Å²) in [7, 11) is -9.80. The molecule has 115 heavy (non-hydrogen) atoms. The fourth-order valence-corrected chi connectivity index (χ4v) is 13.9. The molecule has 0 rings (SSSR count). The molecule has 0 amide bonds. The molecular formula is C97H166O16P2. The van der Waals surface area contributed by atoms with Crippen molar-refractivity contribution in [3.63, 3.8) is 0 Å². The second-order valence-electron chi connectivity index (χ2n) is 30.3. The Hall–Kier alpha value is -4.83. The predicted octanol–water partition coefficient (Wildman–Crippen LogP) is 28.1. The van der Waals surface area contributed by atoms with E-state index in [4.69, 9.17) is 32.3 Å². The summed E-state index contributed by atoms with van der Waals surface area (Å²) in [6.07, 6.45) is 113. The topological polar surface area (TPSA) is 231 Å². The lowest BCUT2D eigenvalue weighted by atomic mass is 10.0. The molecular weight excluding hydrogens is 1480 g/mol. The van der Waals surface area contributed by atoms with E-state index in [1.165, 1.54) is 154 Å². The van der Waals surface area contributed by atoms with E-state index in [9.17, 15) is 43.5 Å². The summed E-state index contributed by atoms with van der Waals surface area (Å²) in [5.74, 6) is -1.58. The van der Waals surface area contributed by atoms with E-state index in [-0.39, 0.29) is 19.3 Å². The van der Waals surface area contributed by atoms with Crippen molar-refractivity contribution in [3.8, 4) is 0 Å². The summed E-state index contributed by atoms with van der Waals surface area (Å²) in [6.45, 7) is 2.47. The van der Waals surface area contributed by atoms with E-state index in [0.29, 0.717) is 19.3 Å². The van der Waals surface area contributed by atoms with Crippen LogP contribution in [0.5, 0.6) is 0 Å². The van der Waals surface area contributed by atoms with Crippen molar-refractivity contribution in [2.75, 3.05) is 39.6 Å². The monoisotopic (exact) mass is 1650 g/mol. The molecule has 0 fully saturated rings. The van der Waals surface area contributed by atoms with Gasteiger partial charge in [0.1, 0.15) is 25.4 Å². The van der Waals surface area contributed by atoms with Crippen LogP contribution < -0.4 is 0 Å².